The van der Waals surface area contributed by atoms with E-state index in [4.69, 9.17) is 14.2 Å². The van der Waals surface area contributed by atoms with E-state index in [1.807, 2.05) is 0 Å². The highest BCUT2D eigenvalue weighted by Crippen LogP contribution is 2.27. The van der Waals surface area contributed by atoms with E-state index in [0.29, 0.717) is 5.75 Å². The van der Waals surface area contributed by atoms with Crippen LogP contribution in [0.25, 0.3) is 0 Å². The van der Waals surface area contributed by atoms with Crippen LogP contribution in [-0.4, -0.2) is 30.9 Å². The van der Waals surface area contributed by atoms with Gasteiger partial charge in [-0.05, 0) is 12.1 Å². The zero-order chi connectivity index (χ0) is 13.2. The van der Waals surface area contributed by atoms with Gasteiger partial charge in [-0.15, -0.1) is 4.52 Å². The summed E-state index contributed by atoms with van der Waals surface area (Å²) in [5.74, 6) is -0.0892. The molecule has 0 aliphatic carbocycles. The van der Waals surface area contributed by atoms with Gasteiger partial charge in [0.15, 0.2) is 5.75 Å². The second-order valence-electron chi connectivity index (χ2n) is 3.16. The molecular weight excluding hydrogens is 259 g/mol. The fraction of sp³-hybridized carbons (Fsp3) is 0.364. The van der Waals surface area contributed by atoms with Gasteiger partial charge in [-0.25, -0.2) is 4.52 Å². The van der Waals surface area contributed by atoms with Gasteiger partial charge in [-0.1, -0.05) is 18.2 Å². The smallest absolute Gasteiger partial charge is 0.463 e. The van der Waals surface area contributed by atoms with E-state index >= 15 is 0 Å². The lowest BCUT2D eigenvalue weighted by Crippen LogP contribution is -2.10. The number of ether oxygens (including phenoxy) is 1. The molecule has 1 aromatic rings. The number of hydrogen-bond acceptors (Lipinski definition) is 6. The molecule has 0 spiro atoms. The number of esters is 1. The minimum absolute atomic E-state index is 0.0424. The van der Waals surface area contributed by atoms with Crippen molar-refractivity contribution in [3.8, 4) is 5.75 Å². The van der Waals surface area contributed by atoms with Gasteiger partial charge in [0, 0.05) is 4.57 Å². The topological polar surface area (TPSA) is 82.1 Å². The van der Waals surface area contributed by atoms with E-state index in [1.54, 1.807) is 30.3 Å². The lowest BCUT2D eigenvalue weighted by atomic mass is 10.3. The molecule has 18 heavy (non-hydrogen) atoms. The van der Waals surface area contributed by atoms with Crippen LogP contribution in [0.1, 0.15) is 6.42 Å². The fourth-order valence-corrected chi connectivity index (χ4v) is 1.62. The van der Waals surface area contributed by atoms with E-state index in [2.05, 4.69) is 4.74 Å². The van der Waals surface area contributed by atoms with Gasteiger partial charge in [0.25, 0.3) is 0 Å². The third-order valence-electron chi connectivity index (χ3n) is 1.78. The number of aliphatic hydroxyl groups is 1. The van der Waals surface area contributed by atoms with Crippen LogP contribution in [0.4, 0.5) is 0 Å². The van der Waals surface area contributed by atoms with E-state index in [-0.39, 0.29) is 26.2 Å². The van der Waals surface area contributed by atoms with Crippen LogP contribution in [0, 0.1) is 0 Å². The molecular formula is C11H14O6P+. The first-order valence-corrected chi connectivity index (χ1v) is 6.41. The van der Waals surface area contributed by atoms with Crippen LogP contribution >= 0.6 is 8.25 Å². The minimum atomic E-state index is -2.31. The normalized spacial score (nSPS) is 10.8. The summed E-state index contributed by atoms with van der Waals surface area (Å²) >= 11 is 0. The van der Waals surface area contributed by atoms with Gasteiger partial charge in [-0.2, -0.15) is 0 Å². The Balaban J connectivity index is 2.16. The van der Waals surface area contributed by atoms with Gasteiger partial charge in [0.2, 0.25) is 0 Å². The first kappa shape index (κ1) is 14.6. The van der Waals surface area contributed by atoms with Crippen molar-refractivity contribution in [1.29, 1.82) is 0 Å². The molecule has 0 aliphatic rings. The van der Waals surface area contributed by atoms with Crippen LogP contribution in [0.2, 0.25) is 0 Å². The standard InChI is InChI=1S/C11H14O6P/c12-7-9-15-11(13)6-8-16-18(14)17-10-4-2-1-3-5-10/h1-5,12H,6-9H2/q+1. The molecule has 0 saturated carbocycles. The molecule has 1 aromatic carbocycles. The summed E-state index contributed by atoms with van der Waals surface area (Å²) in [4.78, 5) is 11.0. The molecule has 0 heterocycles. The maximum atomic E-state index is 11.3. The largest absolute Gasteiger partial charge is 0.750 e. The molecule has 1 rings (SSSR count). The van der Waals surface area contributed by atoms with Crippen molar-refractivity contribution in [2.24, 2.45) is 0 Å². The Morgan fingerprint density at radius 2 is 1.94 bits per heavy atom. The summed E-state index contributed by atoms with van der Waals surface area (Å²) in [6.07, 6.45) is -0.0424. The highest BCUT2D eigenvalue weighted by atomic mass is 31.1. The summed E-state index contributed by atoms with van der Waals surface area (Å²) in [6, 6.07) is 8.58. The number of hydrogen-bond donors (Lipinski definition) is 1. The Labute approximate surface area is 105 Å². The number of benzene rings is 1. The average Bonchev–Trinajstić information content (AvgIpc) is 2.37. The van der Waals surface area contributed by atoms with Gasteiger partial charge in [0.1, 0.15) is 13.2 Å². The number of aliphatic hydroxyl groups excluding tert-OH is 1. The zero-order valence-corrected chi connectivity index (χ0v) is 10.5. The van der Waals surface area contributed by atoms with Crippen LogP contribution in [0.5, 0.6) is 5.75 Å². The third-order valence-corrected chi connectivity index (χ3v) is 2.53. The lowest BCUT2D eigenvalue weighted by molar-refractivity contribution is -0.145. The number of carbonyl (C=O) groups is 1. The molecule has 0 radical (unpaired) electrons. The molecule has 1 unspecified atom stereocenters. The molecule has 6 nitrogen and oxygen atoms in total. The zero-order valence-electron chi connectivity index (χ0n) is 9.65. The Hall–Kier alpha value is -1.49. The lowest BCUT2D eigenvalue weighted by Gasteiger charge is -1.99. The van der Waals surface area contributed by atoms with Crippen molar-refractivity contribution >= 4 is 14.2 Å². The molecule has 0 amide bonds. The first-order valence-electron chi connectivity index (χ1n) is 5.32. The monoisotopic (exact) mass is 273 g/mol. The van der Waals surface area contributed by atoms with Crippen molar-refractivity contribution in [3.63, 3.8) is 0 Å². The van der Waals surface area contributed by atoms with E-state index in [1.165, 1.54) is 0 Å². The summed E-state index contributed by atoms with van der Waals surface area (Å²) < 4.78 is 25.7. The molecule has 98 valence electrons. The van der Waals surface area contributed by atoms with Gasteiger partial charge in [0.05, 0.1) is 13.0 Å². The van der Waals surface area contributed by atoms with E-state index in [9.17, 15) is 9.36 Å². The van der Waals surface area contributed by atoms with E-state index < -0.39 is 14.2 Å². The maximum absolute atomic E-state index is 11.3. The second-order valence-corrected chi connectivity index (χ2v) is 4.04. The highest BCUT2D eigenvalue weighted by molar-refractivity contribution is 7.33. The minimum Gasteiger partial charge on any atom is -0.463 e. The number of carbonyl (C=O) groups excluding carboxylic acids is 1. The van der Waals surface area contributed by atoms with E-state index in [0.717, 1.165) is 0 Å². The van der Waals surface area contributed by atoms with Crippen LogP contribution in [0.15, 0.2) is 30.3 Å². The molecule has 0 saturated heterocycles. The SMILES string of the molecule is O=C(CCO[P+](=O)Oc1ccccc1)OCCO. The van der Waals surface area contributed by atoms with Crippen LogP contribution in [0.3, 0.4) is 0 Å². The van der Waals surface area contributed by atoms with Crippen LogP contribution in [-0.2, 0) is 18.6 Å². The predicted molar refractivity (Wildman–Crippen MR) is 63.3 cm³/mol. The molecule has 1 N–H and O–H groups in total. The number of para-hydroxylation sites is 1. The third kappa shape index (κ3) is 6.30. The number of rotatable bonds is 8. The second kappa shape index (κ2) is 8.58. The Kier molecular flexibility index (Phi) is 6.94. The Morgan fingerprint density at radius 1 is 1.22 bits per heavy atom. The molecule has 0 fully saturated rings. The van der Waals surface area contributed by atoms with Crippen molar-refractivity contribution in [3.05, 3.63) is 30.3 Å². The highest BCUT2D eigenvalue weighted by Gasteiger charge is 2.22. The summed E-state index contributed by atoms with van der Waals surface area (Å²) in [7, 11) is -2.31. The summed E-state index contributed by atoms with van der Waals surface area (Å²) in [6.45, 7) is -0.338. The Morgan fingerprint density at radius 3 is 2.61 bits per heavy atom. The van der Waals surface area contributed by atoms with Crippen molar-refractivity contribution in [2.45, 2.75) is 6.42 Å². The molecule has 0 aromatic heterocycles. The fourth-order valence-electron chi connectivity index (χ4n) is 1.03. The molecule has 7 heteroatoms. The predicted octanol–water partition coefficient (Wildman–Crippen LogP) is 1.66. The Bertz CT molecular complexity index is 380. The summed E-state index contributed by atoms with van der Waals surface area (Å²) in [5.41, 5.74) is 0. The van der Waals surface area contributed by atoms with Crippen LogP contribution < -0.4 is 4.52 Å². The summed E-state index contributed by atoms with van der Waals surface area (Å²) in [5, 5.41) is 8.42. The van der Waals surface area contributed by atoms with Crippen molar-refractivity contribution in [1.82, 2.24) is 0 Å². The quantitative estimate of drug-likeness (QED) is 0.573. The van der Waals surface area contributed by atoms with Gasteiger partial charge >= 0.3 is 14.2 Å². The van der Waals surface area contributed by atoms with Gasteiger partial charge in [-0.3, -0.25) is 4.79 Å². The molecule has 0 bridgehead atoms. The maximum Gasteiger partial charge on any atom is 0.750 e. The molecule has 1 atom stereocenters. The van der Waals surface area contributed by atoms with Crippen molar-refractivity contribution < 1.29 is 28.3 Å². The first-order chi connectivity index (χ1) is 8.72. The molecule has 0 aliphatic heterocycles. The van der Waals surface area contributed by atoms with Crippen molar-refractivity contribution in [2.75, 3.05) is 19.8 Å². The van der Waals surface area contributed by atoms with Gasteiger partial charge < -0.3 is 9.84 Å². The average molecular weight is 273 g/mol.